The third-order valence-corrected chi connectivity index (χ3v) is 1.69. The SMILES string of the molecule is CCC(=O)/C(CC)=C(\O)CC. The van der Waals surface area contributed by atoms with E-state index in [1.165, 1.54) is 0 Å². The van der Waals surface area contributed by atoms with Gasteiger partial charge in [0.05, 0.1) is 5.76 Å². The van der Waals surface area contributed by atoms with E-state index >= 15 is 0 Å². The Morgan fingerprint density at radius 3 is 1.91 bits per heavy atom. The van der Waals surface area contributed by atoms with E-state index in [9.17, 15) is 9.90 Å². The van der Waals surface area contributed by atoms with Crippen LogP contribution in [-0.2, 0) is 4.79 Å². The molecule has 0 amide bonds. The van der Waals surface area contributed by atoms with Crippen molar-refractivity contribution < 1.29 is 9.90 Å². The smallest absolute Gasteiger partial charge is 0.161 e. The summed E-state index contributed by atoms with van der Waals surface area (Å²) in [6.07, 6.45) is 1.66. The summed E-state index contributed by atoms with van der Waals surface area (Å²) in [7, 11) is 0. The molecular weight excluding hydrogens is 140 g/mol. The fourth-order valence-electron chi connectivity index (χ4n) is 0.989. The Kier molecular flexibility index (Phi) is 4.59. The summed E-state index contributed by atoms with van der Waals surface area (Å²) in [5, 5.41) is 9.28. The summed E-state index contributed by atoms with van der Waals surface area (Å²) in [6, 6.07) is 0. The van der Waals surface area contributed by atoms with Gasteiger partial charge in [-0.15, -0.1) is 0 Å². The van der Waals surface area contributed by atoms with Gasteiger partial charge in [0.25, 0.3) is 0 Å². The van der Waals surface area contributed by atoms with Gasteiger partial charge in [0.1, 0.15) is 0 Å². The van der Waals surface area contributed by atoms with Crippen LogP contribution in [0.15, 0.2) is 11.3 Å². The van der Waals surface area contributed by atoms with Crippen molar-refractivity contribution in [1.82, 2.24) is 0 Å². The Morgan fingerprint density at radius 2 is 1.64 bits per heavy atom. The van der Waals surface area contributed by atoms with Crippen LogP contribution in [0.5, 0.6) is 0 Å². The van der Waals surface area contributed by atoms with Crippen molar-refractivity contribution in [3.05, 3.63) is 11.3 Å². The van der Waals surface area contributed by atoms with Crippen LogP contribution in [0.2, 0.25) is 0 Å². The molecule has 64 valence electrons. The summed E-state index contributed by atoms with van der Waals surface area (Å²) in [6.45, 7) is 5.53. The zero-order valence-electron chi connectivity index (χ0n) is 7.48. The lowest BCUT2D eigenvalue weighted by molar-refractivity contribution is -0.115. The number of aliphatic hydroxyl groups is 1. The molecule has 2 heteroatoms. The summed E-state index contributed by atoms with van der Waals surface area (Å²) in [5.74, 6) is 0.311. The lowest BCUT2D eigenvalue weighted by Crippen LogP contribution is -2.03. The molecule has 0 aliphatic heterocycles. The first-order chi connectivity index (χ1) is 5.17. The van der Waals surface area contributed by atoms with Crippen molar-refractivity contribution in [2.45, 2.75) is 40.0 Å². The van der Waals surface area contributed by atoms with Crippen molar-refractivity contribution in [3.63, 3.8) is 0 Å². The van der Waals surface area contributed by atoms with Crippen molar-refractivity contribution >= 4 is 5.78 Å². The number of carbonyl (C=O) groups is 1. The fourth-order valence-corrected chi connectivity index (χ4v) is 0.989. The maximum atomic E-state index is 11.1. The first-order valence-corrected chi connectivity index (χ1v) is 4.11. The second-order valence-corrected chi connectivity index (χ2v) is 2.41. The van der Waals surface area contributed by atoms with Crippen molar-refractivity contribution in [2.24, 2.45) is 0 Å². The number of hydrogen-bond acceptors (Lipinski definition) is 2. The molecule has 0 aromatic heterocycles. The van der Waals surface area contributed by atoms with Crippen molar-refractivity contribution in [1.29, 1.82) is 0 Å². The van der Waals surface area contributed by atoms with Crippen LogP contribution >= 0.6 is 0 Å². The number of rotatable bonds is 4. The summed E-state index contributed by atoms with van der Waals surface area (Å²) < 4.78 is 0. The third-order valence-electron chi connectivity index (χ3n) is 1.69. The Hall–Kier alpha value is -0.790. The highest BCUT2D eigenvalue weighted by molar-refractivity contribution is 5.95. The molecule has 0 aliphatic rings. The van der Waals surface area contributed by atoms with Crippen molar-refractivity contribution in [3.8, 4) is 0 Å². The summed E-state index contributed by atoms with van der Waals surface area (Å²) in [5.41, 5.74) is 0.593. The molecule has 2 nitrogen and oxygen atoms in total. The second-order valence-electron chi connectivity index (χ2n) is 2.41. The standard InChI is InChI=1S/C9H16O2/c1-4-7(8(10)5-2)9(11)6-3/h10H,4-6H2,1-3H3/b8-7-. The lowest BCUT2D eigenvalue weighted by atomic mass is 10.0. The van der Waals surface area contributed by atoms with Crippen LogP contribution < -0.4 is 0 Å². The molecule has 1 N–H and O–H groups in total. The highest BCUT2D eigenvalue weighted by Gasteiger charge is 2.08. The normalized spacial score (nSPS) is 12.6. The van der Waals surface area contributed by atoms with Crippen LogP contribution in [-0.4, -0.2) is 10.9 Å². The molecule has 0 rings (SSSR count). The van der Waals surface area contributed by atoms with E-state index in [1.807, 2.05) is 13.8 Å². The third kappa shape index (κ3) is 2.74. The molecule has 0 heterocycles. The van der Waals surface area contributed by atoms with E-state index in [-0.39, 0.29) is 11.5 Å². The number of hydrogen-bond donors (Lipinski definition) is 1. The van der Waals surface area contributed by atoms with E-state index in [2.05, 4.69) is 0 Å². The van der Waals surface area contributed by atoms with Crippen LogP contribution in [0, 0.1) is 0 Å². The molecule has 0 fully saturated rings. The van der Waals surface area contributed by atoms with E-state index in [4.69, 9.17) is 0 Å². The van der Waals surface area contributed by atoms with E-state index in [0.29, 0.717) is 24.8 Å². The molecule has 0 saturated carbocycles. The van der Waals surface area contributed by atoms with Gasteiger partial charge in [0.15, 0.2) is 5.78 Å². The Morgan fingerprint density at radius 1 is 1.09 bits per heavy atom. The maximum absolute atomic E-state index is 11.1. The molecular formula is C9H16O2. The molecule has 0 bridgehead atoms. The largest absolute Gasteiger partial charge is 0.512 e. The maximum Gasteiger partial charge on any atom is 0.161 e. The highest BCUT2D eigenvalue weighted by atomic mass is 16.3. The van der Waals surface area contributed by atoms with Gasteiger partial charge >= 0.3 is 0 Å². The zero-order chi connectivity index (χ0) is 8.85. The van der Waals surface area contributed by atoms with Gasteiger partial charge in [-0.1, -0.05) is 20.8 Å². The Bertz CT molecular complexity index is 168. The molecule has 0 atom stereocenters. The molecule has 0 spiro atoms. The summed E-state index contributed by atoms with van der Waals surface area (Å²) >= 11 is 0. The van der Waals surface area contributed by atoms with E-state index in [0.717, 1.165) is 0 Å². The van der Waals surface area contributed by atoms with Crippen LogP contribution in [0.25, 0.3) is 0 Å². The molecule has 0 radical (unpaired) electrons. The van der Waals surface area contributed by atoms with Gasteiger partial charge in [-0.05, 0) is 6.42 Å². The molecule has 0 aliphatic carbocycles. The number of aliphatic hydroxyl groups excluding tert-OH is 1. The van der Waals surface area contributed by atoms with E-state index in [1.54, 1.807) is 6.92 Å². The molecule has 0 saturated heterocycles. The second kappa shape index (κ2) is 4.94. The van der Waals surface area contributed by atoms with E-state index < -0.39 is 0 Å². The Labute approximate surface area is 67.9 Å². The quantitative estimate of drug-likeness (QED) is 0.501. The molecule has 0 aromatic rings. The average molecular weight is 156 g/mol. The van der Waals surface area contributed by atoms with Gasteiger partial charge in [0.2, 0.25) is 0 Å². The first-order valence-electron chi connectivity index (χ1n) is 4.11. The van der Waals surface area contributed by atoms with Crippen LogP contribution in [0.1, 0.15) is 40.0 Å². The predicted molar refractivity (Wildman–Crippen MR) is 45.5 cm³/mol. The monoisotopic (exact) mass is 156 g/mol. The minimum Gasteiger partial charge on any atom is -0.512 e. The van der Waals surface area contributed by atoms with Gasteiger partial charge < -0.3 is 5.11 Å². The predicted octanol–water partition coefficient (Wildman–Crippen LogP) is 2.60. The van der Waals surface area contributed by atoms with Gasteiger partial charge in [-0.25, -0.2) is 0 Å². The summed E-state index contributed by atoms with van der Waals surface area (Å²) in [4.78, 5) is 11.1. The lowest BCUT2D eigenvalue weighted by Gasteiger charge is -2.03. The number of ketones is 1. The van der Waals surface area contributed by atoms with Crippen LogP contribution in [0.4, 0.5) is 0 Å². The van der Waals surface area contributed by atoms with Gasteiger partial charge in [-0.3, -0.25) is 4.79 Å². The van der Waals surface area contributed by atoms with Crippen LogP contribution in [0.3, 0.4) is 0 Å². The average Bonchev–Trinajstić information content (AvgIpc) is 2.05. The number of Topliss-reactive ketones (excluding diaryl/α,β-unsaturated/α-hetero) is 1. The molecule has 0 aromatic carbocycles. The molecule has 0 unspecified atom stereocenters. The zero-order valence-corrected chi connectivity index (χ0v) is 7.48. The Balaban J connectivity index is 4.50. The minimum absolute atomic E-state index is 0.0619. The fraction of sp³-hybridized carbons (Fsp3) is 0.667. The highest BCUT2D eigenvalue weighted by Crippen LogP contribution is 2.11. The molecule has 11 heavy (non-hydrogen) atoms. The minimum atomic E-state index is 0.0619. The number of carbonyl (C=O) groups excluding carboxylic acids is 1. The van der Waals surface area contributed by atoms with Gasteiger partial charge in [-0.2, -0.15) is 0 Å². The first kappa shape index (κ1) is 10.2. The van der Waals surface area contributed by atoms with Gasteiger partial charge in [0, 0.05) is 18.4 Å². The number of allylic oxidation sites excluding steroid dienone is 2. The van der Waals surface area contributed by atoms with Crippen molar-refractivity contribution in [2.75, 3.05) is 0 Å². The topological polar surface area (TPSA) is 37.3 Å².